The highest BCUT2D eigenvalue weighted by Gasteiger charge is 1.92. The van der Waals surface area contributed by atoms with Crippen molar-refractivity contribution in [3.8, 4) is 6.07 Å². The molecule has 1 heterocycles. The van der Waals surface area contributed by atoms with E-state index >= 15 is 0 Å². The van der Waals surface area contributed by atoms with Crippen LogP contribution in [0.5, 0.6) is 0 Å². The first kappa shape index (κ1) is 9.82. The Labute approximate surface area is 78.4 Å². The first-order valence-corrected chi connectivity index (χ1v) is 4.52. The number of hydrogen-bond acceptors (Lipinski definition) is 3. The summed E-state index contributed by atoms with van der Waals surface area (Å²) in [7, 11) is 0. The molecule has 0 amide bonds. The summed E-state index contributed by atoms with van der Waals surface area (Å²) in [5.41, 5.74) is 1.17. The molecular weight excluding hydrogens is 164 g/mol. The highest BCUT2D eigenvalue weighted by molar-refractivity contribution is 5.04. The van der Waals surface area contributed by atoms with E-state index in [9.17, 15) is 0 Å². The summed E-state index contributed by atoms with van der Waals surface area (Å²) >= 11 is 0. The van der Waals surface area contributed by atoms with Crippen LogP contribution in [0.2, 0.25) is 0 Å². The lowest BCUT2D eigenvalue weighted by Gasteiger charge is -2.00. The minimum atomic E-state index is 0.660. The number of nitriles is 1. The van der Waals surface area contributed by atoms with Gasteiger partial charge in [-0.1, -0.05) is 0 Å². The van der Waals surface area contributed by atoms with Crippen LogP contribution in [0.3, 0.4) is 0 Å². The summed E-state index contributed by atoms with van der Waals surface area (Å²) in [5, 5.41) is 11.6. The predicted octanol–water partition coefficient (Wildman–Crippen LogP) is 2.06. The number of nitrogens with zero attached hydrogens (tertiary/aromatic N) is 1. The zero-order chi connectivity index (χ0) is 9.36. The Morgan fingerprint density at radius 3 is 3.08 bits per heavy atom. The van der Waals surface area contributed by atoms with Crippen LogP contribution < -0.4 is 5.32 Å². The number of rotatable bonds is 6. The summed E-state index contributed by atoms with van der Waals surface area (Å²) in [6.07, 6.45) is 6.11. The molecule has 3 heteroatoms. The van der Waals surface area contributed by atoms with Gasteiger partial charge in [-0.15, -0.1) is 0 Å². The average Bonchev–Trinajstić information content (AvgIpc) is 2.63. The standard InChI is InChI=1S/C10H14N2O/c11-5-2-1-3-6-12-8-10-4-7-13-9-10/h4,7,9,12H,1-3,6,8H2. The van der Waals surface area contributed by atoms with Crippen LogP contribution in [0.15, 0.2) is 23.0 Å². The van der Waals surface area contributed by atoms with Crippen molar-refractivity contribution in [1.29, 1.82) is 5.26 Å². The Morgan fingerprint density at radius 1 is 1.46 bits per heavy atom. The minimum absolute atomic E-state index is 0.660. The van der Waals surface area contributed by atoms with Crippen molar-refractivity contribution in [2.45, 2.75) is 25.8 Å². The number of unbranched alkanes of at least 4 members (excludes halogenated alkanes) is 2. The van der Waals surface area contributed by atoms with Gasteiger partial charge in [0.1, 0.15) is 0 Å². The topological polar surface area (TPSA) is 49.0 Å². The second kappa shape index (κ2) is 6.27. The van der Waals surface area contributed by atoms with Crippen molar-refractivity contribution in [1.82, 2.24) is 5.32 Å². The molecular formula is C10H14N2O. The van der Waals surface area contributed by atoms with Crippen LogP contribution in [0.4, 0.5) is 0 Å². The third-order valence-corrected chi connectivity index (χ3v) is 1.80. The molecule has 0 aliphatic carbocycles. The van der Waals surface area contributed by atoms with Crippen molar-refractivity contribution in [2.24, 2.45) is 0 Å². The van der Waals surface area contributed by atoms with Crippen molar-refractivity contribution in [2.75, 3.05) is 6.54 Å². The van der Waals surface area contributed by atoms with Gasteiger partial charge >= 0.3 is 0 Å². The fourth-order valence-corrected chi connectivity index (χ4v) is 1.08. The van der Waals surface area contributed by atoms with E-state index in [0.717, 1.165) is 25.9 Å². The number of nitrogens with one attached hydrogen (secondary N) is 1. The van der Waals surface area contributed by atoms with E-state index in [0.29, 0.717) is 6.42 Å². The molecule has 0 spiro atoms. The smallest absolute Gasteiger partial charge is 0.0947 e. The monoisotopic (exact) mass is 178 g/mol. The molecule has 0 aromatic carbocycles. The Morgan fingerprint density at radius 2 is 2.38 bits per heavy atom. The maximum absolute atomic E-state index is 8.29. The van der Waals surface area contributed by atoms with Crippen molar-refractivity contribution < 1.29 is 4.42 Å². The molecule has 0 fully saturated rings. The first-order valence-electron chi connectivity index (χ1n) is 4.52. The van der Waals surface area contributed by atoms with E-state index in [1.165, 1.54) is 5.56 Å². The quantitative estimate of drug-likeness (QED) is 0.678. The first-order chi connectivity index (χ1) is 6.43. The molecule has 0 aliphatic rings. The lowest BCUT2D eigenvalue weighted by Crippen LogP contribution is -2.13. The van der Waals surface area contributed by atoms with Crippen LogP contribution in [-0.2, 0) is 6.54 Å². The SMILES string of the molecule is N#CCCCCNCc1ccoc1. The Kier molecular flexibility index (Phi) is 4.73. The molecule has 1 rings (SSSR count). The predicted molar refractivity (Wildman–Crippen MR) is 49.9 cm³/mol. The summed E-state index contributed by atoms with van der Waals surface area (Å²) in [4.78, 5) is 0. The summed E-state index contributed by atoms with van der Waals surface area (Å²) in [6.45, 7) is 1.82. The van der Waals surface area contributed by atoms with E-state index in [-0.39, 0.29) is 0 Å². The molecule has 0 saturated carbocycles. The van der Waals surface area contributed by atoms with Crippen LogP contribution in [0.1, 0.15) is 24.8 Å². The summed E-state index contributed by atoms with van der Waals surface area (Å²) < 4.78 is 4.93. The number of furan rings is 1. The second-order valence-electron chi connectivity index (χ2n) is 2.92. The molecule has 0 bridgehead atoms. The molecule has 1 N–H and O–H groups in total. The molecule has 0 unspecified atom stereocenters. The molecule has 1 aromatic rings. The zero-order valence-corrected chi connectivity index (χ0v) is 7.62. The van der Waals surface area contributed by atoms with Gasteiger partial charge < -0.3 is 9.73 Å². The molecule has 3 nitrogen and oxygen atoms in total. The van der Waals surface area contributed by atoms with E-state index in [4.69, 9.17) is 9.68 Å². The fourth-order valence-electron chi connectivity index (χ4n) is 1.08. The molecule has 1 aromatic heterocycles. The van der Waals surface area contributed by atoms with Crippen LogP contribution >= 0.6 is 0 Å². The van der Waals surface area contributed by atoms with Gasteiger partial charge in [-0.25, -0.2) is 0 Å². The molecule has 70 valence electrons. The average molecular weight is 178 g/mol. The van der Waals surface area contributed by atoms with E-state index in [2.05, 4.69) is 11.4 Å². The largest absolute Gasteiger partial charge is 0.472 e. The summed E-state index contributed by atoms with van der Waals surface area (Å²) in [6, 6.07) is 4.08. The van der Waals surface area contributed by atoms with Gasteiger partial charge in [0.25, 0.3) is 0 Å². The third kappa shape index (κ3) is 4.34. The van der Waals surface area contributed by atoms with Gasteiger partial charge in [-0.3, -0.25) is 0 Å². The molecule has 0 atom stereocenters. The highest BCUT2D eigenvalue weighted by Crippen LogP contribution is 1.99. The third-order valence-electron chi connectivity index (χ3n) is 1.80. The van der Waals surface area contributed by atoms with Crippen molar-refractivity contribution >= 4 is 0 Å². The lowest BCUT2D eigenvalue weighted by atomic mass is 10.2. The van der Waals surface area contributed by atoms with Crippen molar-refractivity contribution in [3.05, 3.63) is 24.2 Å². The van der Waals surface area contributed by atoms with Crippen LogP contribution in [0.25, 0.3) is 0 Å². The maximum atomic E-state index is 8.29. The zero-order valence-electron chi connectivity index (χ0n) is 7.62. The molecule has 13 heavy (non-hydrogen) atoms. The van der Waals surface area contributed by atoms with Gasteiger partial charge in [0.15, 0.2) is 0 Å². The van der Waals surface area contributed by atoms with Gasteiger partial charge in [-0.2, -0.15) is 5.26 Å². The van der Waals surface area contributed by atoms with Crippen LogP contribution in [0, 0.1) is 11.3 Å². The van der Waals surface area contributed by atoms with Gasteiger partial charge in [0.2, 0.25) is 0 Å². The maximum Gasteiger partial charge on any atom is 0.0947 e. The molecule has 0 aliphatic heterocycles. The normalized spacial score (nSPS) is 9.77. The van der Waals surface area contributed by atoms with E-state index < -0.39 is 0 Å². The Hall–Kier alpha value is -1.27. The Balaban J connectivity index is 1.94. The lowest BCUT2D eigenvalue weighted by molar-refractivity contribution is 0.558. The number of hydrogen-bond donors (Lipinski definition) is 1. The van der Waals surface area contributed by atoms with Gasteiger partial charge in [0.05, 0.1) is 18.6 Å². The van der Waals surface area contributed by atoms with Crippen molar-refractivity contribution in [3.63, 3.8) is 0 Å². The molecule has 0 saturated heterocycles. The summed E-state index contributed by atoms with van der Waals surface area (Å²) in [5.74, 6) is 0. The minimum Gasteiger partial charge on any atom is -0.472 e. The van der Waals surface area contributed by atoms with E-state index in [1.54, 1.807) is 12.5 Å². The van der Waals surface area contributed by atoms with Gasteiger partial charge in [0, 0.05) is 18.5 Å². The van der Waals surface area contributed by atoms with E-state index in [1.807, 2.05) is 6.07 Å². The highest BCUT2D eigenvalue weighted by atomic mass is 16.3. The second-order valence-corrected chi connectivity index (χ2v) is 2.92. The van der Waals surface area contributed by atoms with Gasteiger partial charge in [-0.05, 0) is 25.5 Å². The Bertz CT molecular complexity index is 248. The molecule has 0 radical (unpaired) electrons. The fraction of sp³-hybridized carbons (Fsp3) is 0.500. The van der Waals surface area contributed by atoms with Crippen LogP contribution in [-0.4, -0.2) is 6.54 Å².